The van der Waals surface area contributed by atoms with Crippen molar-refractivity contribution in [1.29, 1.82) is 0 Å². The average molecular weight is 296 g/mol. The number of hydrogen-bond donors (Lipinski definition) is 2. The molecule has 0 saturated heterocycles. The highest BCUT2D eigenvalue weighted by atomic mass is 19.1. The summed E-state index contributed by atoms with van der Waals surface area (Å²) in [5.41, 5.74) is 1.81. The summed E-state index contributed by atoms with van der Waals surface area (Å²) in [6.45, 7) is 5.26. The summed E-state index contributed by atoms with van der Waals surface area (Å²) in [5, 5.41) is 11.7. The molecule has 0 fully saturated rings. The van der Waals surface area contributed by atoms with Crippen LogP contribution in [-0.2, 0) is 11.3 Å². The first kappa shape index (κ1) is 16.9. The molecule has 0 saturated carbocycles. The summed E-state index contributed by atoms with van der Waals surface area (Å²) in [7, 11) is 1.44. The van der Waals surface area contributed by atoms with Crippen molar-refractivity contribution in [2.45, 2.75) is 39.8 Å². The van der Waals surface area contributed by atoms with Gasteiger partial charge in [-0.3, -0.25) is 0 Å². The molecule has 116 valence electrons. The third-order valence-electron chi connectivity index (χ3n) is 3.40. The molecule has 1 rings (SSSR count). The molecule has 0 radical (unpaired) electrons. The Balaban J connectivity index is 2.71. The number of urea groups is 1. The topological polar surface area (TPSA) is 69.6 Å². The van der Waals surface area contributed by atoms with E-state index in [1.807, 2.05) is 0 Å². The second-order valence-electron chi connectivity index (χ2n) is 5.08. The van der Waals surface area contributed by atoms with Crippen LogP contribution in [0, 0.1) is 19.7 Å². The van der Waals surface area contributed by atoms with Crippen molar-refractivity contribution < 1.29 is 19.1 Å². The number of carbonyl (C=O) groups excluding carboxylic acids is 1. The molecule has 0 bridgehead atoms. The predicted molar refractivity (Wildman–Crippen MR) is 77.6 cm³/mol. The molecule has 2 N–H and O–H groups in total. The Hall–Kier alpha value is -2.11. The van der Waals surface area contributed by atoms with Crippen molar-refractivity contribution in [3.63, 3.8) is 0 Å². The van der Waals surface area contributed by atoms with Gasteiger partial charge in [0.25, 0.3) is 0 Å². The Morgan fingerprint density at radius 2 is 1.86 bits per heavy atom. The summed E-state index contributed by atoms with van der Waals surface area (Å²) < 4.78 is 13.5. The Kier molecular flexibility index (Phi) is 5.69. The largest absolute Gasteiger partial charge is 0.480 e. The molecular formula is C15H21FN2O3. The number of nitrogens with zero attached hydrogens (tertiary/aromatic N) is 1. The molecule has 5 nitrogen and oxygen atoms in total. The van der Waals surface area contributed by atoms with Gasteiger partial charge >= 0.3 is 12.0 Å². The highest BCUT2D eigenvalue weighted by Gasteiger charge is 2.24. The number of aliphatic carboxylic acids is 1. The third kappa shape index (κ3) is 4.18. The Morgan fingerprint density at radius 3 is 2.29 bits per heavy atom. The highest BCUT2D eigenvalue weighted by molar-refractivity contribution is 5.82. The van der Waals surface area contributed by atoms with E-state index >= 15 is 0 Å². The van der Waals surface area contributed by atoms with Gasteiger partial charge in [0.2, 0.25) is 0 Å². The van der Waals surface area contributed by atoms with Crippen LogP contribution in [0.4, 0.5) is 9.18 Å². The Labute approximate surface area is 123 Å². The van der Waals surface area contributed by atoms with E-state index in [0.29, 0.717) is 17.5 Å². The van der Waals surface area contributed by atoms with Crippen LogP contribution in [0.1, 0.15) is 30.0 Å². The number of rotatable bonds is 5. The molecule has 0 aliphatic heterocycles. The summed E-state index contributed by atoms with van der Waals surface area (Å²) in [6, 6.07) is 2.00. The van der Waals surface area contributed by atoms with Crippen molar-refractivity contribution in [1.82, 2.24) is 10.2 Å². The van der Waals surface area contributed by atoms with Crippen LogP contribution in [0.15, 0.2) is 12.1 Å². The van der Waals surface area contributed by atoms with Crippen LogP contribution < -0.4 is 5.32 Å². The number of likely N-dealkylation sites (N-methyl/N-ethyl adjacent to an activating group) is 1. The average Bonchev–Trinajstić information content (AvgIpc) is 2.42. The van der Waals surface area contributed by atoms with Gasteiger partial charge in [-0.25, -0.2) is 14.0 Å². The number of aryl methyl sites for hydroxylation is 2. The van der Waals surface area contributed by atoms with Gasteiger partial charge in [-0.15, -0.1) is 0 Å². The highest BCUT2D eigenvalue weighted by Crippen LogP contribution is 2.14. The number of halogens is 1. The van der Waals surface area contributed by atoms with Crippen LogP contribution in [0.2, 0.25) is 0 Å². The van der Waals surface area contributed by atoms with Gasteiger partial charge in [-0.2, -0.15) is 0 Å². The minimum Gasteiger partial charge on any atom is -0.480 e. The van der Waals surface area contributed by atoms with E-state index < -0.39 is 18.0 Å². The van der Waals surface area contributed by atoms with Gasteiger partial charge in [0.05, 0.1) is 0 Å². The zero-order valence-electron chi connectivity index (χ0n) is 12.7. The molecule has 0 aliphatic rings. The first-order valence-electron chi connectivity index (χ1n) is 6.77. The van der Waals surface area contributed by atoms with E-state index in [9.17, 15) is 14.0 Å². The first-order valence-corrected chi connectivity index (χ1v) is 6.77. The monoisotopic (exact) mass is 296 g/mol. The zero-order chi connectivity index (χ0) is 16.2. The number of carboxylic acid groups (broad SMARTS) is 1. The normalized spacial score (nSPS) is 11.9. The minimum absolute atomic E-state index is 0.223. The lowest BCUT2D eigenvalue weighted by Gasteiger charge is -2.24. The van der Waals surface area contributed by atoms with Gasteiger partial charge in [0.15, 0.2) is 0 Å². The SMILES string of the molecule is CCC(C(=O)O)N(C)C(=O)NCc1cc(C)c(F)c(C)c1. The molecule has 1 aromatic rings. The predicted octanol–water partition coefficient (Wildman–Crippen LogP) is 2.45. The van der Waals surface area contributed by atoms with E-state index in [0.717, 1.165) is 10.5 Å². The van der Waals surface area contributed by atoms with Crippen LogP contribution in [0.3, 0.4) is 0 Å². The molecule has 0 heterocycles. The van der Waals surface area contributed by atoms with Crippen molar-refractivity contribution in [3.05, 3.63) is 34.6 Å². The number of nitrogens with one attached hydrogen (secondary N) is 1. The van der Waals surface area contributed by atoms with Crippen molar-refractivity contribution in [2.75, 3.05) is 7.05 Å². The zero-order valence-corrected chi connectivity index (χ0v) is 12.7. The fraction of sp³-hybridized carbons (Fsp3) is 0.467. The summed E-state index contributed by atoms with van der Waals surface area (Å²) >= 11 is 0. The fourth-order valence-corrected chi connectivity index (χ4v) is 2.20. The summed E-state index contributed by atoms with van der Waals surface area (Å²) in [6.07, 6.45) is 0.327. The lowest BCUT2D eigenvalue weighted by atomic mass is 10.1. The molecule has 1 aromatic carbocycles. The molecular weight excluding hydrogens is 275 g/mol. The van der Waals surface area contributed by atoms with Crippen LogP contribution in [0.25, 0.3) is 0 Å². The van der Waals surface area contributed by atoms with Crippen molar-refractivity contribution in [3.8, 4) is 0 Å². The number of carbonyl (C=O) groups is 2. The van der Waals surface area contributed by atoms with Gasteiger partial charge < -0.3 is 15.3 Å². The number of benzene rings is 1. The van der Waals surface area contributed by atoms with Crippen LogP contribution in [-0.4, -0.2) is 35.1 Å². The fourth-order valence-electron chi connectivity index (χ4n) is 2.20. The van der Waals surface area contributed by atoms with Crippen LogP contribution >= 0.6 is 0 Å². The maximum Gasteiger partial charge on any atom is 0.326 e. The van der Waals surface area contributed by atoms with E-state index in [4.69, 9.17) is 5.11 Å². The summed E-state index contributed by atoms with van der Waals surface area (Å²) in [5.74, 6) is -1.29. The Bertz CT molecular complexity index is 523. The standard InChI is InChI=1S/C15H21FN2O3/c1-5-12(14(19)20)18(4)15(21)17-8-11-6-9(2)13(16)10(3)7-11/h6-7,12H,5,8H2,1-4H3,(H,17,21)(H,19,20). The minimum atomic E-state index is -1.04. The first-order chi connectivity index (χ1) is 9.77. The molecule has 0 aliphatic carbocycles. The molecule has 2 amide bonds. The van der Waals surface area contributed by atoms with E-state index in [1.165, 1.54) is 7.05 Å². The molecule has 6 heteroatoms. The second kappa shape index (κ2) is 7.06. The molecule has 0 aromatic heterocycles. The van der Waals surface area contributed by atoms with Crippen molar-refractivity contribution >= 4 is 12.0 Å². The van der Waals surface area contributed by atoms with Crippen molar-refractivity contribution in [2.24, 2.45) is 0 Å². The van der Waals surface area contributed by atoms with Gasteiger partial charge in [-0.05, 0) is 37.0 Å². The van der Waals surface area contributed by atoms with Crippen LogP contribution in [0.5, 0.6) is 0 Å². The smallest absolute Gasteiger partial charge is 0.326 e. The van der Waals surface area contributed by atoms with Gasteiger partial charge in [0, 0.05) is 13.6 Å². The van der Waals surface area contributed by atoms with E-state index in [2.05, 4.69) is 5.32 Å². The van der Waals surface area contributed by atoms with Gasteiger partial charge in [0.1, 0.15) is 11.9 Å². The maximum absolute atomic E-state index is 13.5. The third-order valence-corrected chi connectivity index (χ3v) is 3.40. The summed E-state index contributed by atoms with van der Waals surface area (Å²) in [4.78, 5) is 24.1. The quantitative estimate of drug-likeness (QED) is 0.877. The molecule has 21 heavy (non-hydrogen) atoms. The maximum atomic E-state index is 13.5. The molecule has 1 atom stereocenters. The number of carboxylic acids is 1. The number of hydrogen-bond acceptors (Lipinski definition) is 2. The van der Waals surface area contributed by atoms with Gasteiger partial charge in [-0.1, -0.05) is 19.1 Å². The lowest BCUT2D eigenvalue weighted by molar-refractivity contribution is -0.141. The lowest BCUT2D eigenvalue weighted by Crippen LogP contribution is -2.46. The molecule has 0 spiro atoms. The van der Waals surface area contributed by atoms with E-state index in [1.54, 1.807) is 32.9 Å². The second-order valence-corrected chi connectivity index (χ2v) is 5.08. The number of amides is 2. The Morgan fingerprint density at radius 1 is 1.33 bits per heavy atom. The molecule has 1 unspecified atom stereocenters. The van der Waals surface area contributed by atoms with E-state index in [-0.39, 0.29) is 12.4 Å².